The van der Waals surface area contributed by atoms with Crippen LogP contribution in [0, 0.1) is 4.77 Å². The minimum Gasteiger partial charge on any atom is -0.337 e. The van der Waals surface area contributed by atoms with Gasteiger partial charge >= 0.3 is 0 Å². The SMILES string of the molecule is S=c1[nH]ccn1CCN1CCCCC1. The molecule has 78 valence electrons. The summed E-state index contributed by atoms with van der Waals surface area (Å²) in [5.74, 6) is 0. The number of aromatic nitrogens is 2. The fourth-order valence-electron chi connectivity index (χ4n) is 1.96. The molecule has 1 aromatic rings. The maximum Gasteiger partial charge on any atom is 0.177 e. The fourth-order valence-corrected chi connectivity index (χ4v) is 2.18. The molecule has 1 saturated heterocycles. The van der Waals surface area contributed by atoms with E-state index < -0.39 is 0 Å². The summed E-state index contributed by atoms with van der Waals surface area (Å²) >= 11 is 5.14. The number of rotatable bonds is 3. The molecular weight excluding hydrogens is 194 g/mol. The number of H-pyrrole nitrogens is 1. The maximum absolute atomic E-state index is 5.14. The quantitative estimate of drug-likeness (QED) is 0.774. The number of imidazole rings is 1. The molecule has 0 saturated carbocycles. The summed E-state index contributed by atoms with van der Waals surface area (Å²) in [6.45, 7) is 4.67. The van der Waals surface area contributed by atoms with E-state index in [2.05, 4.69) is 14.5 Å². The molecule has 0 spiro atoms. The summed E-state index contributed by atoms with van der Waals surface area (Å²) in [5.41, 5.74) is 0. The Morgan fingerprint density at radius 1 is 1.21 bits per heavy atom. The average Bonchev–Trinajstić information content (AvgIpc) is 2.63. The van der Waals surface area contributed by atoms with Gasteiger partial charge in [0.2, 0.25) is 0 Å². The number of nitrogens with zero attached hydrogens (tertiary/aromatic N) is 2. The van der Waals surface area contributed by atoms with Crippen LogP contribution in [0.5, 0.6) is 0 Å². The Hall–Kier alpha value is -0.610. The molecule has 1 aliphatic heterocycles. The van der Waals surface area contributed by atoms with E-state index in [0.29, 0.717) is 0 Å². The van der Waals surface area contributed by atoms with Crippen molar-refractivity contribution in [2.45, 2.75) is 25.8 Å². The predicted octanol–water partition coefficient (Wildman–Crippen LogP) is 2.03. The van der Waals surface area contributed by atoms with E-state index in [9.17, 15) is 0 Å². The molecule has 4 heteroatoms. The van der Waals surface area contributed by atoms with E-state index in [0.717, 1.165) is 17.9 Å². The van der Waals surface area contributed by atoms with Crippen molar-refractivity contribution in [1.82, 2.24) is 14.5 Å². The van der Waals surface area contributed by atoms with Crippen molar-refractivity contribution in [2.75, 3.05) is 19.6 Å². The van der Waals surface area contributed by atoms with Crippen LogP contribution in [0.1, 0.15) is 19.3 Å². The zero-order valence-corrected chi connectivity index (χ0v) is 9.22. The van der Waals surface area contributed by atoms with Crippen molar-refractivity contribution in [3.63, 3.8) is 0 Å². The Bertz CT molecular complexity index is 322. The Morgan fingerprint density at radius 2 is 2.00 bits per heavy atom. The number of aromatic amines is 1. The minimum atomic E-state index is 0.835. The molecular formula is C10H17N3S. The van der Waals surface area contributed by atoms with E-state index in [1.165, 1.54) is 32.4 Å². The topological polar surface area (TPSA) is 24.0 Å². The van der Waals surface area contributed by atoms with Gasteiger partial charge in [0.25, 0.3) is 0 Å². The third-order valence-corrected chi connectivity index (χ3v) is 3.18. The highest BCUT2D eigenvalue weighted by Gasteiger charge is 2.09. The third kappa shape index (κ3) is 2.45. The summed E-state index contributed by atoms with van der Waals surface area (Å²) in [6.07, 6.45) is 8.04. The average molecular weight is 211 g/mol. The molecule has 0 aliphatic carbocycles. The zero-order valence-electron chi connectivity index (χ0n) is 8.41. The number of likely N-dealkylation sites (tertiary alicyclic amines) is 1. The van der Waals surface area contributed by atoms with Crippen LogP contribution in [0.15, 0.2) is 12.4 Å². The van der Waals surface area contributed by atoms with Gasteiger partial charge in [0, 0.05) is 25.5 Å². The van der Waals surface area contributed by atoms with Gasteiger partial charge in [-0.3, -0.25) is 0 Å². The first kappa shape index (κ1) is 9.93. The van der Waals surface area contributed by atoms with Crippen LogP contribution in [0.2, 0.25) is 0 Å². The monoisotopic (exact) mass is 211 g/mol. The van der Waals surface area contributed by atoms with Gasteiger partial charge in [-0.1, -0.05) is 6.42 Å². The Labute approximate surface area is 89.7 Å². The van der Waals surface area contributed by atoms with Gasteiger partial charge in [0.05, 0.1) is 0 Å². The van der Waals surface area contributed by atoms with Crippen molar-refractivity contribution >= 4 is 12.2 Å². The molecule has 0 aromatic carbocycles. The van der Waals surface area contributed by atoms with Crippen molar-refractivity contribution in [2.24, 2.45) is 0 Å². The number of piperidine rings is 1. The van der Waals surface area contributed by atoms with Crippen LogP contribution in [-0.2, 0) is 6.54 Å². The van der Waals surface area contributed by atoms with E-state index in [-0.39, 0.29) is 0 Å². The lowest BCUT2D eigenvalue weighted by molar-refractivity contribution is 0.220. The van der Waals surface area contributed by atoms with E-state index in [4.69, 9.17) is 12.2 Å². The second kappa shape index (κ2) is 4.75. The highest BCUT2D eigenvalue weighted by atomic mass is 32.1. The molecule has 1 aliphatic rings. The molecule has 0 radical (unpaired) electrons. The van der Waals surface area contributed by atoms with Crippen LogP contribution >= 0.6 is 12.2 Å². The maximum atomic E-state index is 5.14. The lowest BCUT2D eigenvalue weighted by Gasteiger charge is -2.26. The van der Waals surface area contributed by atoms with Crippen LogP contribution in [0.3, 0.4) is 0 Å². The minimum absolute atomic E-state index is 0.835. The van der Waals surface area contributed by atoms with Crippen molar-refractivity contribution in [3.8, 4) is 0 Å². The zero-order chi connectivity index (χ0) is 9.80. The predicted molar refractivity (Wildman–Crippen MR) is 59.9 cm³/mol. The summed E-state index contributed by atoms with van der Waals surface area (Å²) in [6, 6.07) is 0. The second-order valence-corrected chi connectivity index (χ2v) is 4.25. The molecule has 1 N–H and O–H groups in total. The normalized spacial score (nSPS) is 18.6. The van der Waals surface area contributed by atoms with Gasteiger partial charge < -0.3 is 14.5 Å². The summed E-state index contributed by atoms with van der Waals surface area (Å²) in [5, 5.41) is 0. The number of nitrogens with one attached hydrogen (secondary N) is 1. The van der Waals surface area contributed by atoms with Gasteiger partial charge in [0.1, 0.15) is 0 Å². The molecule has 14 heavy (non-hydrogen) atoms. The van der Waals surface area contributed by atoms with Crippen LogP contribution in [0.25, 0.3) is 0 Å². The highest BCUT2D eigenvalue weighted by Crippen LogP contribution is 2.08. The van der Waals surface area contributed by atoms with Crippen molar-refractivity contribution in [3.05, 3.63) is 17.2 Å². The van der Waals surface area contributed by atoms with Gasteiger partial charge in [-0.05, 0) is 38.1 Å². The first-order valence-corrected chi connectivity index (χ1v) is 5.73. The molecule has 0 unspecified atom stereocenters. The third-order valence-electron chi connectivity index (χ3n) is 2.83. The van der Waals surface area contributed by atoms with Crippen LogP contribution < -0.4 is 0 Å². The van der Waals surface area contributed by atoms with Crippen LogP contribution in [0.4, 0.5) is 0 Å². The molecule has 0 atom stereocenters. The number of hydrogen-bond acceptors (Lipinski definition) is 2. The molecule has 2 rings (SSSR count). The van der Waals surface area contributed by atoms with E-state index in [1.54, 1.807) is 0 Å². The first-order valence-electron chi connectivity index (χ1n) is 5.32. The molecule has 1 aromatic heterocycles. The largest absolute Gasteiger partial charge is 0.337 e. The summed E-state index contributed by atoms with van der Waals surface area (Å²) < 4.78 is 2.94. The van der Waals surface area contributed by atoms with E-state index >= 15 is 0 Å². The fraction of sp³-hybridized carbons (Fsp3) is 0.700. The van der Waals surface area contributed by atoms with Crippen molar-refractivity contribution in [1.29, 1.82) is 0 Å². The molecule has 3 nitrogen and oxygen atoms in total. The molecule has 1 fully saturated rings. The Morgan fingerprint density at radius 3 is 2.64 bits per heavy atom. The highest BCUT2D eigenvalue weighted by molar-refractivity contribution is 7.71. The molecule has 0 bridgehead atoms. The first-order chi connectivity index (χ1) is 6.86. The summed E-state index contributed by atoms with van der Waals surface area (Å²) in [4.78, 5) is 5.54. The van der Waals surface area contributed by atoms with Crippen LogP contribution in [-0.4, -0.2) is 34.1 Å². The standard InChI is InChI=1S/C10H17N3S/c14-10-11-4-7-13(10)9-8-12-5-2-1-3-6-12/h4,7H,1-3,5-6,8-9H2,(H,11,14). The Kier molecular flexibility index (Phi) is 3.37. The Balaban J connectivity index is 1.82. The second-order valence-electron chi connectivity index (χ2n) is 3.86. The van der Waals surface area contributed by atoms with E-state index in [1.807, 2.05) is 12.4 Å². The van der Waals surface area contributed by atoms with Crippen molar-refractivity contribution < 1.29 is 0 Å². The smallest absolute Gasteiger partial charge is 0.177 e. The molecule has 2 heterocycles. The molecule has 0 amide bonds. The van der Waals surface area contributed by atoms with Gasteiger partial charge in [0.15, 0.2) is 4.77 Å². The lowest BCUT2D eigenvalue weighted by Crippen LogP contribution is -2.32. The number of hydrogen-bond donors (Lipinski definition) is 1. The van der Waals surface area contributed by atoms with Gasteiger partial charge in [-0.15, -0.1) is 0 Å². The van der Waals surface area contributed by atoms with Gasteiger partial charge in [-0.25, -0.2) is 0 Å². The summed E-state index contributed by atoms with van der Waals surface area (Å²) in [7, 11) is 0. The lowest BCUT2D eigenvalue weighted by atomic mass is 10.1. The van der Waals surface area contributed by atoms with Gasteiger partial charge in [-0.2, -0.15) is 0 Å².